The molecule has 2 rings (SSSR count). The maximum absolute atomic E-state index is 11.8. The van der Waals surface area contributed by atoms with Crippen molar-refractivity contribution in [1.29, 1.82) is 0 Å². The van der Waals surface area contributed by atoms with Crippen LogP contribution in [0, 0.1) is 0 Å². The standard InChI is InChI=1S/C18H20N2O5S/c1-2-24-18(23)17-20-14(12-26-17)11-25-16(22)8-9-19-15(21)10-13-6-4-3-5-7-13/h3-7,12H,2,8-11H2,1H3,(H,19,21). The van der Waals surface area contributed by atoms with Gasteiger partial charge < -0.3 is 14.8 Å². The van der Waals surface area contributed by atoms with Gasteiger partial charge in [-0.1, -0.05) is 30.3 Å². The fraction of sp³-hybridized carbons (Fsp3) is 0.333. The first-order valence-corrected chi connectivity index (χ1v) is 9.04. The van der Waals surface area contributed by atoms with E-state index in [2.05, 4.69) is 10.3 Å². The van der Waals surface area contributed by atoms with Gasteiger partial charge in [0, 0.05) is 11.9 Å². The number of rotatable bonds is 9. The molecule has 0 aliphatic heterocycles. The SMILES string of the molecule is CCOC(=O)c1nc(COC(=O)CCNC(=O)Cc2ccccc2)cs1. The number of carbonyl (C=O) groups is 3. The van der Waals surface area contributed by atoms with Crippen LogP contribution in [0.15, 0.2) is 35.7 Å². The summed E-state index contributed by atoms with van der Waals surface area (Å²) in [4.78, 5) is 39.1. The van der Waals surface area contributed by atoms with Crippen molar-refractivity contribution in [3.05, 3.63) is 52.0 Å². The van der Waals surface area contributed by atoms with Gasteiger partial charge in [-0.25, -0.2) is 9.78 Å². The number of amides is 1. The summed E-state index contributed by atoms with van der Waals surface area (Å²) in [6.45, 7) is 2.17. The molecule has 1 aromatic heterocycles. The summed E-state index contributed by atoms with van der Waals surface area (Å²) in [5, 5.41) is 4.55. The zero-order valence-electron chi connectivity index (χ0n) is 14.4. The van der Waals surface area contributed by atoms with Gasteiger partial charge in [0.05, 0.1) is 25.1 Å². The Bertz CT molecular complexity index is 745. The molecule has 0 saturated heterocycles. The molecule has 7 nitrogen and oxygen atoms in total. The number of carbonyl (C=O) groups excluding carboxylic acids is 3. The maximum Gasteiger partial charge on any atom is 0.367 e. The highest BCUT2D eigenvalue weighted by atomic mass is 32.1. The fourth-order valence-electron chi connectivity index (χ4n) is 2.03. The van der Waals surface area contributed by atoms with Gasteiger partial charge in [-0.05, 0) is 12.5 Å². The molecule has 2 aromatic rings. The van der Waals surface area contributed by atoms with Gasteiger partial charge in [0.1, 0.15) is 6.61 Å². The van der Waals surface area contributed by atoms with Crippen molar-refractivity contribution in [1.82, 2.24) is 10.3 Å². The van der Waals surface area contributed by atoms with Crippen LogP contribution < -0.4 is 5.32 Å². The van der Waals surface area contributed by atoms with E-state index in [0.29, 0.717) is 5.69 Å². The van der Waals surface area contributed by atoms with Gasteiger partial charge in [-0.15, -0.1) is 11.3 Å². The van der Waals surface area contributed by atoms with Crippen LogP contribution in [0.5, 0.6) is 0 Å². The van der Waals surface area contributed by atoms with E-state index in [1.807, 2.05) is 30.3 Å². The summed E-state index contributed by atoms with van der Waals surface area (Å²) in [5.41, 5.74) is 1.40. The molecule has 0 bridgehead atoms. The predicted octanol–water partition coefficient (Wildman–Crippen LogP) is 2.11. The number of ether oxygens (including phenoxy) is 2. The Hall–Kier alpha value is -2.74. The summed E-state index contributed by atoms with van der Waals surface area (Å²) in [6, 6.07) is 9.35. The number of hydrogen-bond donors (Lipinski definition) is 1. The van der Waals surface area contributed by atoms with Crippen LogP contribution in [0.2, 0.25) is 0 Å². The third-order valence-corrected chi connectivity index (χ3v) is 4.11. The van der Waals surface area contributed by atoms with E-state index in [-0.39, 0.29) is 43.5 Å². The van der Waals surface area contributed by atoms with Gasteiger partial charge in [0.2, 0.25) is 10.9 Å². The molecular formula is C18H20N2O5S. The Labute approximate surface area is 155 Å². The zero-order chi connectivity index (χ0) is 18.8. The third-order valence-electron chi connectivity index (χ3n) is 3.24. The van der Waals surface area contributed by atoms with Crippen molar-refractivity contribution < 1.29 is 23.9 Å². The molecule has 26 heavy (non-hydrogen) atoms. The van der Waals surface area contributed by atoms with Gasteiger partial charge in [0.25, 0.3) is 0 Å². The first-order valence-electron chi connectivity index (χ1n) is 8.16. The van der Waals surface area contributed by atoms with E-state index in [0.717, 1.165) is 16.9 Å². The van der Waals surface area contributed by atoms with E-state index < -0.39 is 11.9 Å². The van der Waals surface area contributed by atoms with Gasteiger partial charge in [-0.2, -0.15) is 0 Å². The van der Waals surface area contributed by atoms with E-state index in [1.54, 1.807) is 12.3 Å². The van der Waals surface area contributed by atoms with Crippen LogP contribution in [-0.2, 0) is 32.1 Å². The largest absolute Gasteiger partial charge is 0.461 e. The van der Waals surface area contributed by atoms with Crippen molar-refractivity contribution in [2.75, 3.05) is 13.2 Å². The molecule has 0 saturated carbocycles. The Kier molecular flexibility index (Phi) is 7.75. The lowest BCUT2D eigenvalue weighted by atomic mass is 10.1. The number of aromatic nitrogens is 1. The van der Waals surface area contributed by atoms with Crippen LogP contribution in [0.3, 0.4) is 0 Å². The van der Waals surface area contributed by atoms with Crippen molar-refractivity contribution in [3.63, 3.8) is 0 Å². The van der Waals surface area contributed by atoms with E-state index in [9.17, 15) is 14.4 Å². The van der Waals surface area contributed by atoms with Gasteiger partial charge in [0.15, 0.2) is 0 Å². The molecule has 0 radical (unpaired) electrons. The minimum atomic E-state index is -0.490. The molecule has 0 aliphatic carbocycles. The Morgan fingerprint density at radius 2 is 1.92 bits per heavy atom. The number of nitrogens with zero attached hydrogens (tertiary/aromatic N) is 1. The summed E-state index contributed by atoms with van der Waals surface area (Å²) < 4.78 is 9.93. The van der Waals surface area contributed by atoms with E-state index >= 15 is 0 Å². The predicted molar refractivity (Wildman–Crippen MR) is 95.6 cm³/mol. The van der Waals surface area contributed by atoms with E-state index in [1.165, 1.54) is 0 Å². The van der Waals surface area contributed by atoms with Crippen LogP contribution in [-0.4, -0.2) is 36.0 Å². The second-order valence-electron chi connectivity index (χ2n) is 5.29. The summed E-state index contributed by atoms with van der Waals surface area (Å²) in [5.74, 6) is -1.09. The number of nitrogens with one attached hydrogen (secondary N) is 1. The molecule has 8 heteroatoms. The number of benzene rings is 1. The summed E-state index contributed by atoms with van der Waals surface area (Å²) in [7, 11) is 0. The maximum atomic E-state index is 11.8. The van der Waals surface area contributed by atoms with Crippen molar-refractivity contribution in [3.8, 4) is 0 Å². The Balaban J connectivity index is 1.64. The van der Waals surface area contributed by atoms with Crippen molar-refractivity contribution in [2.45, 2.75) is 26.4 Å². The minimum Gasteiger partial charge on any atom is -0.461 e. The average Bonchev–Trinajstić information content (AvgIpc) is 3.10. The highest BCUT2D eigenvalue weighted by Crippen LogP contribution is 2.12. The molecule has 0 fully saturated rings. The smallest absolute Gasteiger partial charge is 0.367 e. The second-order valence-corrected chi connectivity index (χ2v) is 6.15. The molecule has 0 spiro atoms. The summed E-state index contributed by atoms with van der Waals surface area (Å²) >= 11 is 1.14. The lowest BCUT2D eigenvalue weighted by molar-refractivity contribution is -0.144. The van der Waals surface area contributed by atoms with Gasteiger partial charge in [-0.3, -0.25) is 9.59 Å². The highest BCUT2D eigenvalue weighted by Gasteiger charge is 2.13. The first-order chi connectivity index (χ1) is 12.6. The number of hydrogen-bond acceptors (Lipinski definition) is 7. The van der Waals surface area contributed by atoms with Crippen LogP contribution >= 0.6 is 11.3 Å². The Morgan fingerprint density at radius 3 is 2.65 bits per heavy atom. The first kappa shape index (κ1) is 19.6. The highest BCUT2D eigenvalue weighted by molar-refractivity contribution is 7.11. The number of esters is 2. The molecule has 1 amide bonds. The molecule has 1 N–H and O–H groups in total. The molecule has 0 aliphatic rings. The van der Waals surface area contributed by atoms with Crippen molar-refractivity contribution in [2.24, 2.45) is 0 Å². The molecular weight excluding hydrogens is 356 g/mol. The lowest BCUT2D eigenvalue weighted by Crippen LogP contribution is -2.27. The molecule has 1 aromatic carbocycles. The third kappa shape index (κ3) is 6.64. The fourth-order valence-corrected chi connectivity index (χ4v) is 2.73. The number of thiazole rings is 1. The quantitative estimate of drug-likeness (QED) is 0.674. The van der Waals surface area contributed by atoms with Gasteiger partial charge >= 0.3 is 11.9 Å². The molecule has 1 heterocycles. The molecule has 138 valence electrons. The summed E-state index contributed by atoms with van der Waals surface area (Å²) in [6.07, 6.45) is 0.334. The van der Waals surface area contributed by atoms with Crippen molar-refractivity contribution >= 4 is 29.2 Å². The monoisotopic (exact) mass is 376 g/mol. The molecule has 0 unspecified atom stereocenters. The average molecular weight is 376 g/mol. The van der Waals surface area contributed by atoms with Crippen LogP contribution in [0.4, 0.5) is 0 Å². The van der Waals surface area contributed by atoms with Crippen LogP contribution in [0.1, 0.15) is 34.4 Å². The molecule has 0 atom stereocenters. The normalized spacial score (nSPS) is 10.2. The van der Waals surface area contributed by atoms with E-state index in [4.69, 9.17) is 9.47 Å². The lowest BCUT2D eigenvalue weighted by Gasteiger charge is -2.06. The van der Waals surface area contributed by atoms with Crippen LogP contribution in [0.25, 0.3) is 0 Å². The second kappa shape index (κ2) is 10.3. The zero-order valence-corrected chi connectivity index (χ0v) is 15.2. The Morgan fingerprint density at radius 1 is 1.15 bits per heavy atom. The topological polar surface area (TPSA) is 94.6 Å². The minimum absolute atomic E-state index is 0.0211.